The van der Waals surface area contributed by atoms with Crippen molar-refractivity contribution in [3.63, 3.8) is 0 Å². The molecule has 0 amide bonds. The van der Waals surface area contributed by atoms with Crippen molar-refractivity contribution in [2.45, 2.75) is 44.2 Å². The van der Waals surface area contributed by atoms with Gasteiger partial charge in [0.15, 0.2) is 0 Å². The van der Waals surface area contributed by atoms with Gasteiger partial charge in [-0.25, -0.2) is 0 Å². The van der Waals surface area contributed by atoms with Crippen LogP contribution in [0.3, 0.4) is 0 Å². The Morgan fingerprint density at radius 3 is 3.00 bits per heavy atom. The molecular formula is C11H20N4O. The van der Waals surface area contributed by atoms with E-state index in [1.807, 2.05) is 11.6 Å². The minimum absolute atomic E-state index is 0.173. The van der Waals surface area contributed by atoms with Gasteiger partial charge in [-0.05, 0) is 12.8 Å². The molecule has 0 bridgehead atoms. The van der Waals surface area contributed by atoms with Gasteiger partial charge in [-0.15, -0.1) is 10.2 Å². The van der Waals surface area contributed by atoms with Gasteiger partial charge in [-0.2, -0.15) is 0 Å². The van der Waals surface area contributed by atoms with Crippen LogP contribution < -0.4 is 5.32 Å². The number of aliphatic hydroxyl groups excluding tert-OH is 1. The maximum Gasteiger partial charge on any atom is 0.133 e. The summed E-state index contributed by atoms with van der Waals surface area (Å²) in [6, 6.07) is 0.266. The molecular weight excluding hydrogens is 204 g/mol. The van der Waals surface area contributed by atoms with Crippen LogP contribution in [0.2, 0.25) is 0 Å². The lowest BCUT2D eigenvalue weighted by atomic mass is 9.92. The third-order valence-electron chi connectivity index (χ3n) is 3.29. The fourth-order valence-electron chi connectivity index (χ4n) is 2.25. The number of rotatable bonds is 4. The summed E-state index contributed by atoms with van der Waals surface area (Å²) in [7, 11) is 1.95. The molecule has 0 aliphatic heterocycles. The SMILES string of the molecule is Cn1cnnc1CCN[C@@H]1CCCC[C@H]1O. The Kier molecular flexibility index (Phi) is 3.90. The van der Waals surface area contributed by atoms with Crippen molar-refractivity contribution in [2.24, 2.45) is 7.05 Å². The first-order chi connectivity index (χ1) is 7.77. The average molecular weight is 224 g/mol. The highest BCUT2D eigenvalue weighted by molar-refractivity contribution is 4.87. The van der Waals surface area contributed by atoms with Crippen molar-refractivity contribution in [2.75, 3.05) is 6.54 Å². The molecule has 90 valence electrons. The summed E-state index contributed by atoms with van der Waals surface area (Å²) in [6.45, 7) is 0.855. The molecule has 2 rings (SSSR count). The first-order valence-corrected chi connectivity index (χ1v) is 6.01. The Bertz CT molecular complexity index is 326. The van der Waals surface area contributed by atoms with Crippen LogP contribution in [0.4, 0.5) is 0 Å². The van der Waals surface area contributed by atoms with E-state index < -0.39 is 0 Å². The van der Waals surface area contributed by atoms with Gasteiger partial charge in [0.25, 0.3) is 0 Å². The van der Waals surface area contributed by atoms with E-state index >= 15 is 0 Å². The molecule has 0 unspecified atom stereocenters. The summed E-state index contributed by atoms with van der Waals surface area (Å²) in [5, 5.41) is 21.1. The molecule has 5 heteroatoms. The van der Waals surface area contributed by atoms with Gasteiger partial charge in [-0.1, -0.05) is 12.8 Å². The van der Waals surface area contributed by atoms with Crippen molar-refractivity contribution >= 4 is 0 Å². The molecule has 2 atom stereocenters. The minimum Gasteiger partial charge on any atom is -0.392 e. The van der Waals surface area contributed by atoms with Crippen LogP contribution in [0.5, 0.6) is 0 Å². The van der Waals surface area contributed by atoms with Gasteiger partial charge in [0.1, 0.15) is 12.2 Å². The van der Waals surface area contributed by atoms with E-state index in [9.17, 15) is 5.11 Å². The number of hydrogen-bond donors (Lipinski definition) is 2. The number of aromatic nitrogens is 3. The lowest BCUT2D eigenvalue weighted by Gasteiger charge is -2.28. The highest BCUT2D eigenvalue weighted by Crippen LogP contribution is 2.18. The topological polar surface area (TPSA) is 63.0 Å². The second kappa shape index (κ2) is 5.41. The summed E-state index contributed by atoms with van der Waals surface area (Å²) in [5.74, 6) is 0.984. The van der Waals surface area contributed by atoms with Gasteiger partial charge < -0.3 is 15.0 Å². The van der Waals surface area contributed by atoms with Crippen LogP contribution >= 0.6 is 0 Å². The van der Waals surface area contributed by atoms with Crippen molar-refractivity contribution in [3.05, 3.63) is 12.2 Å². The summed E-state index contributed by atoms with van der Waals surface area (Å²) in [6.07, 6.45) is 6.79. The smallest absolute Gasteiger partial charge is 0.133 e. The van der Waals surface area contributed by atoms with E-state index in [0.717, 1.165) is 38.1 Å². The first kappa shape index (κ1) is 11.5. The number of aryl methyl sites for hydroxylation is 1. The van der Waals surface area contributed by atoms with Gasteiger partial charge in [0.05, 0.1) is 6.10 Å². The summed E-state index contributed by atoms with van der Waals surface area (Å²) >= 11 is 0. The van der Waals surface area contributed by atoms with Crippen LogP contribution in [-0.4, -0.2) is 38.6 Å². The molecule has 5 nitrogen and oxygen atoms in total. The van der Waals surface area contributed by atoms with Gasteiger partial charge in [-0.3, -0.25) is 0 Å². The number of aliphatic hydroxyl groups is 1. The fraction of sp³-hybridized carbons (Fsp3) is 0.818. The van der Waals surface area contributed by atoms with Crippen LogP contribution in [-0.2, 0) is 13.5 Å². The molecule has 1 saturated carbocycles. The van der Waals surface area contributed by atoms with E-state index in [-0.39, 0.29) is 12.1 Å². The highest BCUT2D eigenvalue weighted by Gasteiger charge is 2.21. The largest absolute Gasteiger partial charge is 0.392 e. The Morgan fingerprint density at radius 2 is 2.31 bits per heavy atom. The fourth-order valence-corrected chi connectivity index (χ4v) is 2.25. The van der Waals surface area contributed by atoms with Crippen LogP contribution in [0, 0.1) is 0 Å². The van der Waals surface area contributed by atoms with Crippen LogP contribution in [0.1, 0.15) is 31.5 Å². The average Bonchev–Trinajstić information content (AvgIpc) is 2.67. The number of nitrogens with one attached hydrogen (secondary N) is 1. The third-order valence-corrected chi connectivity index (χ3v) is 3.29. The number of hydrogen-bond acceptors (Lipinski definition) is 4. The quantitative estimate of drug-likeness (QED) is 0.769. The Balaban J connectivity index is 1.73. The van der Waals surface area contributed by atoms with E-state index in [1.54, 1.807) is 6.33 Å². The van der Waals surface area contributed by atoms with E-state index in [4.69, 9.17) is 0 Å². The monoisotopic (exact) mass is 224 g/mol. The number of nitrogens with zero attached hydrogens (tertiary/aromatic N) is 3. The molecule has 1 fully saturated rings. The molecule has 0 spiro atoms. The molecule has 0 aromatic carbocycles. The van der Waals surface area contributed by atoms with E-state index in [1.165, 1.54) is 6.42 Å². The molecule has 1 aliphatic rings. The summed E-state index contributed by atoms with van der Waals surface area (Å²) in [5.41, 5.74) is 0. The second-order valence-corrected chi connectivity index (χ2v) is 4.52. The Morgan fingerprint density at radius 1 is 1.50 bits per heavy atom. The molecule has 16 heavy (non-hydrogen) atoms. The molecule has 1 aromatic rings. The lowest BCUT2D eigenvalue weighted by Crippen LogP contribution is -2.42. The summed E-state index contributed by atoms with van der Waals surface area (Å²) in [4.78, 5) is 0. The summed E-state index contributed by atoms with van der Waals surface area (Å²) < 4.78 is 1.93. The van der Waals surface area contributed by atoms with Crippen LogP contribution in [0.15, 0.2) is 6.33 Å². The zero-order valence-electron chi connectivity index (χ0n) is 9.76. The predicted octanol–water partition coefficient (Wildman–Crippen LogP) is 0.251. The zero-order chi connectivity index (χ0) is 11.4. The molecule has 1 aromatic heterocycles. The first-order valence-electron chi connectivity index (χ1n) is 6.01. The minimum atomic E-state index is -0.173. The molecule has 1 aliphatic carbocycles. The van der Waals surface area contributed by atoms with Gasteiger partial charge in [0, 0.05) is 26.1 Å². The van der Waals surface area contributed by atoms with Gasteiger partial charge >= 0.3 is 0 Å². The maximum atomic E-state index is 9.79. The molecule has 0 radical (unpaired) electrons. The predicted molar refractivity (Wildman–Crippen MR) is 61.0 cm³/mol. The normalized spacial score (nSPS) is 25.9. The Labute approximate surface area is 95.9 Å². The lowest BCUT2D eigenvalue weighted by molar-refractivity contribution is 0.0913. The third kappa shape index (κ3) is 2.80. The van der Waals surface area contributed by atoms with Gasteiger partial charge in [0.2, 0.25) is 0 Å². The molecule has 1 heterocycles. The maximum absolute atomic E-state index is 9.79. The van der Waals surface area contributed by atoms with Crippen molar-refractivity contribution in [1.82, 2.24) is 20.1 Å². The second-order valence-electron chi connectivity index (χ2n) is 4.52. The standard InChI is InChI=1S/C11H20N4O/c1-15-8-13-14-11(15)6-7-12-9-4-2-3-5-10(9)16/h8-10,12,16H,2-7H2,1H3/t9-,10-/m1/s1. The van der Waals surface area contributed by atoms with Crippen molar-refractivity contribution in [1.29, 1.82) is 0 Å². The van der Waals surface area contributed by atoms with Crippen molar-refractivity contribution < 1.29 is 5.11 Å². The van der Waals surface area contributed by atoms with E-state index in [2.05, 4.69) is 15.5 Å². The van der Waals surface area contributed by atoms with Crippen LogP contribution in [0.25, 0.3) is 0 Å². The zero-order valence-corrected chi connectivity index (χ0v) is 9.76. The highest BCUT2D eigenvalue weighted by atomic mass is 16.3. The van der Waals surface area contributed by atoms with E-state index in [0.29, 0.717) is 0 Å². The van der Waals surface area contributed by atoms with Crippen molar-refractivity contribution in [3.8, 4) is 0 Å². The Hall–Kier alpha value is -0.940. The molecule has 0 saturated heterocycles. The molecule has 2 N–H and O–H groups in total.